The zero-order valence-corrected chi connectivity index (χ0v) is 26.0. The fraction of sp³-hybridized carbons (Fsp3) is 0.630. The molecule has 0 saturated carbocycles. The number of hydrogen-bond donors (Lipinski definition) is 9. The minimum absolute atomic E-state index is 0.00750. The van der Waals surface area contributed by atoms with E-state index in [-0.39, 0.29) is 95.1 Å². The van der Waals surface area contributed by atoms with Gasteiger partial charge in [0.1, 0.15) is 12.1 Å². The number of nitrogens with one attached hydrogen (secondary N) is 5. The van der Waals surface area contributed by atoms with Gasteiger partial charge in [0.15, 0.2) is 5.78 Å². The lowest BCUT2D eigenvalue weighted by molar-refractivity contribution is -0.142. The minimum atomic E-state index is -1.32. The van der Waals surface area contributed by atoms with E-state index in [0.29, 0.717) is 6.42 Å². The fourth-order valence-electron chi connectivity index (χ4n) is 3.16. The first-order valence-electron chi connectivity index (χ1n) is 14.1. The van der Waals surface area contributed by atoms with Gasteiger partial charge < -0.3 is 47.0 Å². The largest absolute Gasteiger partial charge is 0.483 e. The van der Waals surface area contributed by atoms with Gasteiger partial charge in [-0.2, -0.15) is 0 Å². The summed E-state index contributed by atoms with van der Waals surface area (Å²) < 4.78 is 0. The number of carboxylic acid groups (broad SMARTS) is 4. The number of Topliss-reactive ketones (excluding diaryl/α,β-unsaturated/α-hetero) is 1. The van der Waals surface area contributed by atoms with Gasteiger partial charge in [-0.05, 0) is 25.7 Å². The third-order valence-electron chi connectivity index (χ3n) is 5.55. The van der Waals surface area contributed by atoms with E-state index in [1.807, 2.05) is 0 Å². The Morgan fingerprint density at radius 3 is 1.33 bits per heavy atom. The van der Waals surface area contributed by atoms with Crippen molar-refractivity contribution in [3.8, 4) is 0 Å². The SMILES string of the molecule is CC(=O)NCCCC(=O)NC(CCC(=O)NCCCC(=O)NC(CCC(=O)NCC(=O)C(C)C)C(=O)O)C(=O)O.O=CO.O=CO. The Balaban J connectivity index is -0.00000283. The molecule has 0 aliphatic rings. The molecule has 2 unspecified atom stereocenters. The lowest BCUT2D eigenvalue weighted by atomic mass is 10.1. The number of amides is 5. The highest BCUT2D eigenvalue weighted by atomic mass is 16.4. The topological polar surface area (TPSA) is 312 Å². The summed E-state index contributed by atoms with van der Waals surface area (Å²) in [5.41, 5.74) is 0. The second kappa shape index (κ2) is 28.7. The Bertz CT molecular complexity index is 1010. The number of carboxylic acids is 2. The van der Waals surface area contributed by atoms with Gasteiger partial charge in [0.05, 0.1) is 6.54 Å². The van der Waals surface area contributed by atoms with Crippen molar-refractivity contribution >= 4 is 60.2 Å². The molecule has 0 aliphatic carbocycles. The molecule has 0 fully saturated rings. The average molecular weight is 664 g/mol. The molecule has 0 aromatic rings. The normalized spacial score (nSPS) is 11.0. The highest BCUT2D eigenvalue weighted by molar-refractivity contribution is 5.88. The van der Waals surface area contributed by atoms with E-state index in [1.165, 1.54) is 6.92 Å². The third-order valence-corrected chi connectivity index (χ3v) is 5.55. The molecule has 0 aliphatic heterocycles. The van der Waals surface area contributed by atoms with Crippen molar-refractivity contribution in [2.45, 2.75) is 84.2 Å². The third kappa shape index (κ3) is 29.0. The van der Waals surface area contributed by atoms with Gasteiger partial charge in [-0.15, -0.1) is 0 Å². The number of carbonyl (C=O) groups is 10. The van der Waals surface area contributed by atoms with Gasteiger partial charge in [0.25, 0.3) is 12.9 Å². The quantitative estimate of drug-likeness (QED) is 0.0485. The monoisotopic (exact) mass is 663 g/mol. The predicted molar refractivity (Wildman–Crippen MR) is 158 cm³/mol. The molecule has 9 N–H and O–H groups in total. The van der Waals surface area contributed by atoms with Gasteiger partial charge in [-0.3, -0.25) is 38.4 Å². The smallest absolute Gasteiger partial charge is 0.326 e. The van der Waals surface area contributed by atoms with Crippen molar-refractivity contribution < 1.29 is 68.4 Å². The number of carbonyl (C=O) groups excluding carboxylic acids is 6. The highest BCUT2D eigenvalue weighted by Crippen LogP contribution is 2.02. The van der Waals surface area contributed by atoms with E-state index in [1.54, 1.807) is 13.8 Å². The Hall–Kier alpha value is -5.10. The molecule has 46 heavy (non-hydrogen) atoms. The number of aliphatic carboxylic acids is 2. The summed E-state index contributed by atoms with van der Waals surface area (Å²) in [7, 11) is 0. The molecule has 0 heterocycles. The van der Waals surface area contributed by atoms with Crippen LogP contribution in [-0.2, 0) is 47.9 Å². The zero-order valence-electron chi connectivity index (χ0n) is 26.0. The molecule has 19 nitrogen and oxygen atoms in total. The van der Waals surface area contributed by atoms with Crippen molar-refractivity contribution in [3.05, 3.63) is 0 Å². The Morgan fingerprint density at radius 2 is 0.978 bits per heavy atom. The molecule has 19 heteroatoms. The maximum atomic E-state index is 12.1. The summed E-state index contributed by atoms with van der Waals surface area (Å²) in [4.78, 5) is 110. The van der Waals surface area contributed by atoms with Crippen LogP contribution in [0.25, 0.3) is 0 Å². The van der Waals surface area contributed by atoms with Crippen LogP contribution in [0.1, 0.15) is 72.1 Å². The predicted octanol–water partition coefficient (Wildman–Crippen LogP) is -1.76. The zero-order chi connectivity index (χ0) is 36.1. The Morgan fingerprint density at radius 1 is 0.609 bits per heavy atom. The van der Waals surface area contributed by atoms with Crippen LogP contribution in [0.15, 0.2) is 0 Å². The first-order valence-corrected chi connectivity index (χ1v) is 14.1. The highest BCUT2D eigenvalue weighted by Gasteiger charge is 2.22. The lowest BCUT2D eigenvalue weighted by Gasteiger charge is -2.15. The molecule has 0 aromatic carbocycles. The van der Waals surface area contributed by atoms with Crippen molar-refractivity contribution in [2.24, 2.45) is 5.92 Å². The van der Waals surface area contributed by atoms with Crippen LogP contribution < -0.4 is 26.6 Å². The van der Waals surface area contributed by atoms with E-state index in [9.17, 15) is 48.6 Å². The summed E-state index contributed by atoms with van der Waals surface area (Å²) in [5.74, 6) is -5.38. The van der Waals surface area contributed by atoms with Gasteiger partial charge in [0, 0.05) is 51.6 Å². The molecule has 0 saturated heterocycles. The van der Waals surface area contributed by atoms with Gasteiger partial charge >= 0.3 is 11.9 Å². The molecular weight excluding hydrogens is 618 g/mol. The van der Waals surface area contributed by atoms with E-state index in [0.717, 1.165) is 0 Å². The standard InChI is InChI=1S/C25H41N5O10.2CH2O2/c1-15(2)19(32)14-28-21(34)11-9-18(25(39)40)30-23(36)7-5-13-27-20(33)10-8-17(24(37)38)29-22(35)6-4-12-26-16(3)31;2*2-1-3/h15,17-18H,4-14H2,1-3H3,(H,26,31)(H,27,33)(H,28,34)(H,29,35)(H,30,36)(H,37,38)(H,39,40);2*1H,(H,2,3). The van der Waals surface area contributed by atoms with E-state index < -0.39 is 47.7 Å². The number of rotatable bonds is 21. The fourth-order valence-corrected chi connectivity index (χ4v) is 3.16. The van der Waals surface area contributed by atoms with Crippen LogP contribution in [0.5, 0.6) is 0 Å². The maximum absolute atomic E-state index is 12.1. The molecular formula is C27H45N5O14. The molecule has 5 amide bonds. The Labute approximate surface area is 265 Å². The van der Waals surface area contributed by atoms with Crippen molar-refractivity contribution in [2.75, 3.05) is 19.6 Å². The van der Waals surface area contributed by atoms with Crippen molar-refractivity contribution in [1.29, 1.82) is 0 Å². The van der Waals surface area contributed by atoms with Crippen LogP contribution in [0.2, 0.25) is 0 Å². The molecule has 2 atom stereocenters. The van der Waals surface area contributed by atoms with Crippen LogP contribution in [0, 0.1) is 5.92 Å². The summed E-state index contributed by atoms with van der Waals surface area (Å²) in [6.45, 7) is 4.41. The molecule has 0 rings (SSSR count). The maximum Gasteiger partial charge on any atom is 0.326 e. The van der Waals surface area contributed by atoms with Gasteiger partial charge in [-0.1, -0.05) is 13.8 Å². The van der Waals surface area contributed by atoms with E-state index >= 15 is 0 Å². The number of ketones is 1. The van der Waals surface area contributed by atoms with Crippen LogP contribution in [0.4, 0.5) is 0 Å². The summed E-state index contributed by atoms with van der Waals surface area (Å²) in [6.07, 6.45) is -0.313. The van der Waals surface area contributed by atoms with Crippen LogP contribution in [0.3, 0.4) is 0 Å². The lowest BCUT2D eigenvalue weighted by Crippen LogP contribution is -2.42. The minimum Gasteiger partial charge on any atom is -0.483 e. The Kier molecular flexibility index (Phi) is 28.2. The summed E-state index contributed by atoms with van der Waals surface area (Å²) in [6, 6.07) is -2.57. The van der Waals surface area contributed by atoms with Gasteiger partial charge in [-0.25, -0.2) is 9.59 Å². The summed E-state index contributed by atoms with van der Waals surface area (Å²) >= 11 is 0. The molecule has 0 aromatic heterocycles. The second-order valence-electron chi connectivity index (χ2n) is 9.64. The molecule has 0 bridgehead atoms. The summed E-state index contributed by atoms with van der Waals surface area (Å²) in [5, 5.41) is 44.5. The van der Waals surface area contributed by atoms with Crippen molar-refractivity contribution in [1.82, 2.24) is 26.6 Å². The average Bonchev–Trinajstić information content (AvgIpc) is 2.96. The van der Waals surface area contributed by atoms with Crippen LogP contribution in [-0.4, -0.2) is 112 Å². The second-order valence-corrected chi connectivity index (χ2v) is 9.64. The first-order chi connectivity index (χ1) is 21.5. The first kappa shape index (κ1) is 45.3. The van der Waals surface area contributed by atoms with E-state index in [4.69, 9.17) is 19.8 Å². The molecule has 0 spiro atoms. The van der Waals surface area contributed by atoms with Crippen molar-refractivity contribution in [3.63, 3.8) is 0 Å². The number of hydrogen-bond acceptors (Lipinski definition) is 10. The molecule has 0 radical (unpaired) electrons. The van der Waals surface area contributed by atoms with E-state index in [2.05, 4.69) is 26.6 Å². The molecule has 262 valence electrons. The van der Waals surface area contributed by atoms with Gasteiger partial charge in [0.2, 0.25) is 29.5 Å². The van der Waals surface area contributed by atoms with Crippen LogP contribution >= 0.6 is 0 Å².